The molecule has 3 aromatic rings. The van der Waals surface area contributed by atoms with Crippen LogP contribution in [0.5, 0.6) is 11.5 Å². The van der Waals surface area contributed by atoms with Crippen LogP contribution in [0.4, 0.5) is 0 Å². The topological polar surface area (TPSA) is 119 Å². The van der Waals surface area contributed by atoms with Crippen LogP contribution in [0, 0.1) is 0 Å². The first-order valence-corrected chi connectivity index (χ1v) is 12.8. The minimum atomic E-state index is -1.53. The molecule has 0 bridgehead atoms. The van der Waals surface area contributed by atoms with Crippen LogP contribution >= 0.6 is 0 Å². The maximum absolute atomic E-state index is 14.2. The van der Waals surface area contributed by atoms with E-state index in [-0.39, 0.29) is 31.4 Å². The number of carbonyl (C=O) groups excluding carboxylic acids is 2. The number of aliphatic carboxylic acids is 1. The summed E-state index contributed by atoms with van der Waals surface area (Å²) < 4.78 is 11.1. The maximum Gasteiger partial charge on any atom is 0.330 e. The Balaban J connectivity index is 1.81. The van der Waals surface area contributed by atoms with Crippen LogP contribution in [0.15, 0.2) is 66.7 Å². The lowest BCUT2D eigenvalue weighted by molar-refractivity contribution is -0.151. The highest BCUT2D eigenvalue weighted by atomic mass is 16.5. The van der Waals surface area contributed by atoms with Crippen molar-refractivity contribution in [1.82, 2.24) is 4.90 Å². The third-order valence-corrected chi connectivity index (χ3v) is 7.13. The highest BCUT2D eigenvalue weighted by molar-refractivity contribution is 5.99. The average molecular weight is 531 g/mol. The minimum absolute atomic E-state index is 0.0460. The molecule has 204 valence electrons. The number of methoxy groups -OCH3 is 1. The normalized spacial score (nSPS) is 16.8. The van der Waals surface area contributed by atoms with Crippen molar-refractivity contribution >= 4 is 17.8 Å². The number of fused-ring (bicyclic) bond motifs is 1. The highest BCUT2D eigenvalue weighted by Crippen LogP contribution is 2.38. The van der Waals surface area contributed by atoms with Crippen molar-refractivity contribution in [3.8, 4) is 11.5 Å². The highest BCUT2D eigenvalue weighted by Gasteiger charge is 2.50. The number of nitrogens with zero attached hydrogens (tertiary/aromatic N) is 1. The molecule has 0 saturated carbocycles. The number of hydrogen-bond donors (Lipinski definition) is 2. The second kappa shape index (κ2) is 10.8. The van der Waals surface area contributed by atoms with Gasteiger partial charge in [-0.25, -0.2) is 4.79 Å². The van der Waals surface area contributed by atoms with Crippen LogP contribution in [0.1, 0.15) is 53.4 Å². The van der Waals surface area contributed by atoms with Crippen LogP contribution in [-0.4, -0.2) is 47.0 Å². The number of nitrogens with two attached hydrogens (primary N) is 1. The van der Waals surface area contributed by atoms with Crippen molar-refractivity contribution in [2.24, 2.45) is 5.73 Å². The van der Waals surface area contributed by atoms with Gasteiger partial charge in [0.25, 0.3) is 11.8 Å². The number of carboxylic acid groups (broad SMARTS) is 1. The van der Waals surface area contributed by atoms with Gasteiger partial charge in [-0.05, 0) is 51.9 Å². The number of benzene rings is 3. The lowest BCUT2D eigenvalue weighted by Gasteiger charge is -2.45. The van der Waals surface area contributed by atoms with Gasteiger partial charge in [-0.2, -0.15) is 0 Å². The molecule has 3 aromatic carbocycles. The van der Waals surface area contributed by atoms with E-state index in [4.69, 9.17) is 15.2 Å². The molecule has 0 radical (unpaired) electrons. The van der Waals surface area contributed by atoms with Crippen LogP contribution in [0.2, 0.25) is 0 Å². The maximum atomic E-state index is 14.2. The van der Waals surface area contributed by atoms with Gasteiger partial charge in [0, 0.05) is 24.9 Å². The molecule has 0 saturated heterocycles. The molecule has 0 fully saturated rings. The summed E-state index contributed by atoms with van der Waals surface area (Å²) in [6.07, 6.45) is 0.233. The van der Waals surface area contributed by atoms with Crippen LogP contribution < -0.4 is 15.2 Å². The lowest BCUT2D eigenvalue weighted by atomic mass is 9.78. The first-order chi connectivity index (χ1) is 18.4. The number of rotatable bonds is 8. The van der Waals surface area contributed by atoms with Crippen LogP contribution in [0.25, 0.3) is 0 Å². The summed E-state index contributed by atoms with van der Waals surface area (Å²) in [6.45, 7) is 5.93. The number of ether oxygens (including phenoxy) is 2. The Hall–Kier alpha value is -4.33. The first kappa shape index (κ1) is 27.7. The first-order valence-electron chi connectivity index (χ1n) is 12.8. The standard InChI is InChI=1S/C31H34N2O6/c1-30(2,3)25-13-11-21(15-26(25)38-4)28(35)33-18-23-14-24(39-19-27(32)34)12-10-22(23)17-31(33,29(36)37)16-20-8-6-5-7-9-20/h5-15H,16-19H2,1-4H3,(H2,32,34)(H,36,37). The summed E-state index contributed by atoms with van der Waals surface area (Å²) in [5.41, 5.74) is 7.10. The van der Waals surface area contributed by atoms with Crippen molar-refractivity contribution < 1.29 is 29.0 Å². The fraction of sp³-hybridized carbons (Fsp3) is 0.323. The number of primary amides is 1. The van der Waals surface area contributed by atoms with E-state index >= 15 is 0 Å². The van der Waals surface area contributed by atoms with E-state index in [9.17, 15) is 19.5 Å². The van der Waals surface area contributed by atoms with E-state index in [1.807, 2.05) is 36.4 Å². The minimum Gasteiger partial charge on any atom is -0.496 e. The lowest BCUT2D eigenvalue weighted by Crippen LogP contribution is -2.61. The molecule has 1 heterocycles. The molecule has 1 atom stereocenters. The Labute approximate surface area is 228 Å². The van der Waals surface area contributed by atoms with Gasteiger partial charge in [-0.1, -0.05) is 63.2 Å². The molecule has 2 amide bonds. The predicted molar refractivity (Wildman–Crippen MR) is 147 cm³/mol. The second-order valence-electron chi connectivity index (χ2n) is 10.9. The molecule has 4 rings (SSSR count). The third kappa shape index (κ3) is 5.74. The number of amides is 2. The summed E-state index contributed by atoms with van der Waals surface area (Å²) in [7, 11) is 1.56. The summed E-state index contributed by atoms with van der Waals surface area (Å²) in [5, 5.41) is 10.7. The molecule has 1 aliphatic rings. The van der Waals surface area contributed by atoms with Crippen LogP contribution in [0.3, 0.4) is 0 Å². The molecule has 1 aliphatic heterocycles. The fourth-order valence-electron chi connectivity index (χ4n) is 5.12. The van der Waals surface area contributed by atoms with Crippen molar-refractivity contribution in [1.29, 1.82) is 0 Å². The average Bonchev–Trinajstić information content (AvgIpc) is 2.90. The largest absolute Gasteiger partial charge is 0.496 e. The molecule has 0 spiro atoms. The van der Waals surface area contributed by atoms with Crippen molar-refractivity contribution in [3.63, 3.8) is 0 Å². The van der Waals surface area contributed by atoms with E-state index in [1.165, 1.54) is 4.90 Å². The van der Waals surface area contributed by atoms with E-state index in [0.717, 1.165) is 22.3 Å². The van der Waals surface area contributed by atoms with Gasteiger partial charge in [0.1, 0.15) is 17.0 Å². The number of hydrogen-bond acceptors (Lipinski definition) is 5. The third-order valence-electron chi connectivity index (χ3n) is 7.13. The van der Waals surface area contributed by atoms with Gasteiger partial charge < -0.3 is 25.2 Å². The molecule has 0 aliphatic carbocycles. The monoisotopic (exact) mass is 530 g/mol. The van der Waals surface area contributed by atoms with E-state index in [1.54, 1.807) is 37.4 Å². The van der Waals surface area contributed by atoms with Gasteiger partial charge in [-0.3, -0.25) is 9.59 Å². The number of carbonyl (C=O) groups is 3. The molecule has 1 unspecified atom stereocenters. The van der Waals surface area contributed by atoms with Gasteiger partial charge in [0.15, 0.2) is 6.61 Å². The van der Waals surface area contributed by atoms with Gasteiger partial charge >= 0.3 is 5.97 Å². The fourth-order valence-corrected chi connectivity index (χ4v) is 5.12. The quantitative estimate of drug-likeness (QED) is 0.452. The summed E-state index contributed by atoms with van der Waals surface area (Å²) >= 11 is 0. The van der Waals surface area contributed by atoms with Gasteiger partial charge in [0.05, 0.1) is 7.11 Å². The Kier molecular flexibility index (Phi) is 7.67. The molecule has 8 nitrogen and oxygen atoms in total. The molecular weight excluding hydrogens is 496 g/mol. The molecule has 39 heavy (non-hydrogen) atoms. The predicted octanol–water partition coefficient (Wildman–Crippen LogP) is 4.12. The van der Waals surface area contributed by atoms with Gasteiger partial charge in [-0.15, -0.1) is 0 Å². The Morgan fingerprint density at radius 2 is 1.72 bits per heavy atom. The smallest absolute Gasteiger partial charge is 0.330 e. The van der Waals surface area contributed by atoms with Crippen molar-refractivity contribution in [3.05, 3.63) is 94.5 Å². The van der Waals surface area contributed by atoms with Crippen molar-refractivity contribution in [2.75, 3.05) is 13.7 Å². The molecule has 0 aromatic heterocycles. The zero-order valence-electron chi connectivity index (χ0n) is 22.7. The number of carboxylic acids is 1. The Morgan fingerprint density at radius 1 is 1.00 bits per heavy atom. The Bertz CT molecular complexity index is 1400. The van der Waals surface area contributed by atoms with E-state index < -0.39 is 23.3 Å². The SMILES string of the molecule is COc1cc(C(=O)N2Cc3cc(OCC(N)=O)ccc3CC2(Cc2ccccc2)C(=O)O)ccc1C(C)(C)C. The second-order valence-corrected chi connectivity index (χ2v) is 10.9. The van der Waals surface area contributed by atoms with Crippen molar-refractivity contribution in [2.45, 2.75) is 51.1 Å². The van der Waals surface area contributed by atoms with Crippen LogP contribution in [-0.2, 0) is 34.4 Å². The zero-order chi connectivity index (χ0) is 28.4. The van der Waals surface area contributed by atoms with E-state index in [2.05, 4.69) is 20.8 Å². The summed E-state index contributed by atoms with van der Waals surface area (Å²) in [4.78, 5) is 39.9. The molecule has 8 heteroatoms. The molecular formula is C31H34N2O6. The zero-order valence-corrected chi connectivity index (χ0v) is 22.7. The summed E-state index contributed by atoms with van der Waals surface area (Å²) in [5.74, 6) is -1.12. The summed E-state index contributed by atoms with van der Waals surface area (Å²) in [6, 6.07) is 19.8. The Morgan fingerprint density at radius 3 is 2.33 bits per heavy atom. The van der Waals surface area contributed by atoms with E-state index in [0.29, 0.717) is 17.1 Å². The van der Waals surface area contributed by atoms with Gasteiger partial charge in [0.2, 0.25) is 0 Å². The molecule has 3 N–H and O–H groups in total.